The van der Waals surface area contributed by atoms with Gasteiger partial charge in [0.05, 0.1) is 19.6 Å². The lowest BCUT2D eigenvalue weighted by Crippen LogP contribution is -2.38. The molecule has 0 N–H and O–H groups in total. The number of rotatable bonds is 8. The standard InChI is InChI=1S/C22H27NO4/c1-16-9-8-12-20(17(16)2)27-15-21(24)23(14-13-22(25)26-4)18(3)19-10-6-5-7-11-19/h5-12,18H,13-15H2,1-4H3. The van der Waals surface area contributed by atoms with Crippen LogP contribution in [0.1, 0.15) is 36.1 Å². The first-order chi connectivity index (χ1) is 12.9. The Labute approximate surface area is 160 Å². The third kappa shape index (κ3) is 5.58. The van der Waals surface area contributed by atoms with Crippen molar-refractivity contribution in [1.29, 1.82) is 0 Å². The van der Waals surface area contributed by atoms with E-state index in [2.05, 4.69) is 0 Å². The SMILES string of the molecule is COC(=O)CCN(C(=O)COc1cccc(C)c1C)C(C)c1ccccc1. The minimum absolute atomic E-state index is 0.0807. The van der Waals surface area contributed by atoms with Crippen LogP contribution in [0.4, 0.5) is 0 Å². The van der Waals surface area contributed by atoms with Crippen molar-refractivity contribution in [3.63, 3.8) is 0 Å². The van der Waals surface area contributed by atoms with Gasteiger partial charge in [-0.3, -0.25) is 9.59 Å². The number of carbonyl (C=O) groups is 2. The fourth-order valence-electron chi connectivity index (χ4n) is 2.86. The number of ether oxygens (including phenoxy) is 2. The lowest BCUT2D eigenvalue weighted by atomic mass is 10.1. The number of benzene rings is 2. The summed E-state index contributed by atoms with van der Waals surface area (Å²) in [5.41, 5.74) is 3.13. The van der Waals surface area contributed by atoms with Gasteiger partial charge in [0, 0.05) is 6.54 Å². The highest BCUT2D eigenvalue weighted by molar-refractivity contribution is 5.79. The van der Waals surface area contributed by atoms with Crippen molar-refractivity contribution in [3.05, 3.63) is 65.2 Å². The van der Waals surface area contributed by atoms with E-state index in [0.29, 0.717) is 5.75 Å². The molecule has 2 rings (SSSR count). The number of hydrogen-bond donors (Lipinski definition) is 0. The molecule has 5 heteroatoms. The molecule has 27 heavy (non-hydrogen) atoms. The lowest BCUT2D eigenvalue weighted by molar-refractivity contribution is -0.142. The normalized spacial score (nSPS) is 11.6. The zero-order valence-corrected chi connectivity index (χ0v) is 16.4. The molecule has 2 aromatic carbocycles. The fraction of sp³-hybridized carbons (Fsp3) is 0.364. The van der Waals surface area contributed by atoms with Gasteiger partial charge in [0.2, 0.25) is 0 Å². The predicted molar refractivity (Wildman–Crippen MR) is 105 cm³/mol. The van der Waals surface area contributed by atoms with Crippen molar-refractivity contribution >= 4 is 11.9 Å². The Morgan fingerprint density at radius 2 is 1.74 bits per heavy atom. The Hall–Kier alpha value is -2.82. The Kier molecular flexibility index (Phi) is 7.41. The Balaban J connectivity index is 2.12. The highest BCUT2D eigenvalue weighted by Crippen LogP contribution is 2.23. The van der Waals surface area contributed by atoms with Gasteiger partial charge in [0.1, 0.15) is 5.75 Å². The van der Waals surface area contributed by atoms with Gasteiger partial charge in [-0.1, -0.05) is 42.5 Å². The number of amides is 1. The van der Waals surface area contributed by atoms with Gasteiger partial charge in [-0.25, -0.2) is 0 Å². The van der Waals surface area contributed by atoms with E-state index in [-0.39, 0.29) is 37.5 Å². The van der Waals surface area contributed by atoms with Gasteiger partial charge in [-0.2, -0.15) is 0 Å². The fourth-order valence-corrected chi connectivity index (χ4v) is 2.86. The summed E-state index contributed by atoms with van der Waals surface area (Å²) in [5.74, 6) is 0.184. The molecule has 0 saturated carbocycles. The van der Waals surface area contributed by atoms with Crippen LogP contribution in [0.2, 0.25) is 0 Å². The maximum absolute atomic E-state index is 12.9. The molecule has 0 saturated heterocycles. The molecule has 0 fully saturated rings. The average molecular weight is 369 g/mol. The Bertz CT molecular complexity index is 773. The summed E-state index contributed by atoms with van der Waals surface area (Å²) in [6, 6.07) is 15.3. The number of methoxy groups -OCH3 is 1. The third-order valence-electron chi connectivity index (χ3n) is 4.76. The molecule has 5 nitrogen and oxygen atoms in total. The lowest BCUT2D eigenvalue weighted by Gasteiger charge is -2.29. The van der Waals surface area contributed by atoms with Crippen molar-refractivity contribution in [2.45, 2.75) is 33.2 Å². The largest absolute Gasteiger partial charge is 0.483 e. The van der Waals surface area contributed by atoms with Crippen molar-refractivity contribution < 1.29 is 19.1 Å². The second-order valence-corrected chi connectivity index (χ2v) is 6.49. The third-order valence-corrected chi connectivity index (χ3v) is 4.76. The molecule has 144 valence electrons. The highest BCUT2D eigenvalue weighted by atomic mass is 16.5. The smallest absolute Gasteiger partial charge is 0.307 e. The number of hydrogen-bond acceptors (Lipinski definition) is 4. The van der Waals surface area contributed by atoms with Gasteiger partial charge in [-0.15, -0.1) is 0 Å². The molecule has 0 aromatic heterocycles. The van der Waals surface area contributed by atoms with Gasteiger partial charge in [0.25, 0.3) is 5.91 Å². The average Bonchev–Trinajstić information content (AvgIpc) is 2.69. The predicted octanol–water partition coefficient (Wildman–Crippen LogP) is 3.84. The van der Waals surface area contributed by atoms with Gasteiger partial charge < -0.3 is 14.4 Å². The zero-order chi connectivity index (χ0) is 19.8. The summed E-state index contributed by atoms with van der Waals surface area (Å²) < 4.78 is 10.5. The first-order valence-electron chi connectivity index (χ1n) is 9.04. The number of nitrogens with zero attached hydrogens (tertiary/aromatic N) is 1. The van der Waals surface area contributed by atoms with Crippen LogP contribution in [-0.4, -0.2) is 37.0 Å². The maximum Gasteiger partial charge on any atom is 0.307 e. The van der Waals surface area contributed by atoms with Crippen LogP contribution in [-0.2, 0) is 14.3 Å². The zero-order valence-electron chi connectivity index (χ0n) is 16.4. The van der Waals surface area contributed by atoms with E-state index in [9.17, 15) is 9.59 Å². The summed E-state index contributed by atoms with van der Waals surface area (Å²) in [7, 11) is 1.35. The molecule has 1 atom stereocenters. The maximum atomic E-state index is 12.9. The number of carbonyl (C=O) groups excluding carboxylic acids is 2. The van der Waals surface area contributed by atoms with E-state index in [0.717, 1.165) is 16.7 Å². The molecule has 0 aliphatic carbocycles. The molecule has 0 heterocycles. The van der Waals surface area contributed by atoms with Crippen LogP contribution < -0.4 is 4.74 Å². The Morgan fingerprint density at radius 3 is 2.41 bits per heavy atom. The first-order valence-corrected chi connectivity index (χ1v) is 9.04. The van der Waals surface area contributed by atoms with Crippen molar-refractivity contribution in [1.82, 2.24) is 4.90 Å². The summed E-state index contributed by atoms with van der Waals surface area (Å²) in [6.45, 7) is 6.11. The van der Waals surface area contributed by atoms with E-state index in [1.165, 1.54) is 7.11 Å². The van der Waals surface area contributed by atoms with Crippen LogP contribution in [0.3, 0.4) is 0 Å². The van der Waals surface area contributed by atoms with Gasteiger partial charge in [0.15, 0.2) is 6.61 Å². The molecule has 0 aliphatic rings. The molecular weight excluding hydrogens is 342 g/mol. The topological polar surface area (TPSA) is 55.8 Å². The van der Waals surface area contributed by atoms with Gasteiger partial charge >= 0.3 is 5.97 Å². The first kappa shape index (κ1) is 20.5. The minimum Gasteiger partial charge on any atom is -0.483 e. The van der Waals surface area contributed by atoms with Crippen molar-refractivity contribution in [2.75, 3.05) is 20.3 Å². The summed E-state index contributed by atoms with van der Waals surface area (Å²) in [6.07, 6.45) is 0.142. The van der Waals surface area contributed by atoms with Crippen molar-refractivity contribution in [3.8, 4) is 5.75 Å². The van der Waals surface area contributed by atoms with Gasteiger partial charge in [-0.05, 0) is 43.5 Å². The summed E-state index contributed by atoms with van der Waals surface area (Å²) in [4.78, 5) is 26.1. The second-order valence-electron chi connectivity index (χ2n) is 6.49. The highest BCUT2D eigenvalue weighted by Gasteiger charge is 2.23. The molecular formula is C22H27NO4. The molecule has 0 bridgehead atoms. The van der Waals surface area contributed by atoms with E-state index < -0.39 is 0 Å². The monoisotopic (exact) mass is 369 g/mol. The Morgan fingerprint density at radius 1 is 1.04 bits per heavy atom. The molecule has 2 aromatic rings. The van der Waals surface area contributed by atoms with Crippen molar-refractivity contribution in [2.24, 2.45) is 0 Å². The van der Waals surface area contributed by atoms with E-state index in [1.807, 2.05) is 69.3 Å². The second kappa shape index (κ2) is 9.76. The van der Waals surface area contributed by atoms with Crippen LogP contribution >= 0.6 is 0 Å². The molecule has 1 amide bonds. The minimum atomic E-state index is -0.344. The number of aryl methyl sites for hydroxylation is 1. The van der Waals surface area contributed by atoms with E-state index >= 15 is 0 Å². The van der Waals surface area contributed by atoms with Crippen LogP contribution in [0.5, 0.6) is 5.75 Å². The molecule has 0 spiro atoms. The summed E-state index contributed by atoms with van der Waals surface area (Å²) >= 11 is 0. The summed E-state index contributed by atoms with van der Waals surface area (Å²) in [5, 5.41) is 0. The quantitative estimate of drug-likeness (QED) is 0.664. The molecule has 0 radical (unpaired) electrons. The number of esters is 1. The van der Waals surface area contributed by atoms with E-state index in [1.54, 1.807) is 4.90 Å². The van der Waals surface area contributed by atoms with Crippen LogP contribution in [0.15, 0.2) is 48.5 Å². The molecule has 0 aliphatic heterocycles. The van der Waals surface area contributed by atoms with Crippen LogP contribution in [0.25, 0.3) is 0 Å². The molecule has 1 unspecified atom stereocenters. The van der Waals surface area contributed by atoms with E-state index in [4.69, 9.17) is 9.47 Å². The van der Waals surface area contributed by atoms with Crippen LogP contribution in [0, 0.1) is 13.8 Å².